The highest BCUT2D eigenvalue weighted by atomic mass is 32.2. The third-order valence-corrected chi connectivity index (χ3v) is 6.29. The van der Waals surface area contributed by atoms with E-state index in [1.165, 1.54) is 4.57 Å². The van der Waals surface area contributed by atoms with Gasteiger partial charge in [0.2, 0.25) is 5.91 Å². The standard InChI is InChI=1S/C17H26N6O4S/c1-3-4-9-22-15(27)19-20-16(22)28-10-12(24)21-23-13(25)17(18-14(23)26)7-5-11(2)6-8-17/h11H,3-10H2,1-2H3,(H,18,26)(H,19,27)(H,21,24). The van der Waals surface area contributed by atoms with Gasteiger partial charge in [-0.3, -0.25) is 19.6 Å². The van der Waals surface area contributed by atoms with Gasteiger partial charge in [-0.2, -0.15) is 5.01 Å². The van der Waals surface area contributed by atoms with Gasteiger partial charge in [-0.25, -0.2) is 14.7 Å². The van der Waals surface area contributed by atoms with Gasteiger partial charge in [0.15, 0.2) is 5.16 Å². The second-order valence-electron chi connectivity index (χ2n) is 7.48. The van der Waals surface area contributed by atoms with Crippen LogP contribution >= 0.6 is 11.8 Å². The molecule has 1 aromatic rings. The van der Waals surface area contributed by atoms with Crippen molar-refractivity contribution in [3.8, 4) is 0 Å². The number of H-pyrrole nitrogens is 1. The number of hydrogen-bond acceptors (Lipinski definition) is 6. The Morgan fingerprint density at radius 3 is 2.71 bits per heavy atom. The zero-order chi connectivity index (χ0) is 20.3. The normalized spacial score (nSPS) is 24.6. The first-order valence-electron chi connectivity index (χ1n) is 9.60. The molecule has 2 heterocycles. The maximum Gasteiger partial charge on any atom is 0.344 e. The van der Waals surface area contributed by atoms with Gasteiger partial charge in [0.1, 0.15) is 5.54 Å². The zero-order valence-electron chi connectivity index (χ0n) is 16.1. The number of hydrazine groups is 1. The van der Waals surface area contributed by atoms with Gasteiger partial charge < -0.3 is 5.32 Å². The highest BCUT2D eigenvalue weighted by Gasteiger charge is 2.52. The van der Waals surface area contributed by atoms with Gasteiger partial charge in [0.05, 0.1) is 5.75 Å². The average Bonchev–Trinajstić information content (AvgIpc) is 3.13. The molecule has 1 saturated heterocycles. The van der Waals surface area contributed by atoms with E-state index in [-0.39, 0.29) is 11.4 Å². The minimum atomic E-state index is -0.896. The van der Waals surface area contributed by atoms with Crippen LogP contribution in [0, 0.1) is 5.92 Å². The molecule has 1 saturated carbocycles. The molecule has 10 nitrogen and oxygen atoms in total. The van der Waals surface area contributed by atoms with Crippen LogP contribution in [0.1, 0.15) is 52.4 Å². The summed E-state index contributed by atoms with van der Waals surface area (Å²) in [5, 5.41) is 10.3. The first kappa shape index (κ1) is 20.4. The van der Waals surface area contributed by atoms with E-state index in [0.29, 0.717) is 30.5 Å². The summed E-state index contributed by atoms with van der Waals surface area (Å²) in [5.41, 5.74) is 1.17. The van der Waals surface area contributed by atoms with E-state index in [9.17, 15) is 19.2 Å². The first-order chi connectivity index (χ1) is 13.4. The third kappa shape index (κ3) is 4.08. The zero-order valence-corrected chi connectivity index (χ0v) is 16.9. The van der Waals surface area contributed by atoms with Gasteiger partial charge in [-0.1, -0.05) is 32.0 Å². The SMILES string of the molecule is CCCCn1c(SCC(=O)NN2C(=O)NC3(CCC(C)CC3)C2=O)n[nH]c1=O. The largest absolute Gasteiger partial charge is 0.344 e. The summed E-state index contributed by atoms with van der Waals surface area (Å²) in [6.45, 7) is 4.66. The number of carbonyl (C=O) groups excluding carboxylic acids is 3. The van der Waals surface area contributed by atoms with Crippen LogP contribution < -0.4 is 16.4 Å². The predicted octanol–water partition coefficient (Wildman–Crippen LogP) is 0.995. The van der Waals surface area contributed by atoms with E-state index < -0.39 is 23.4 Å². The molecule has 0 radical (unpaired) electrons. The molecular weight excluding hydrogens is 384 g/mol. The Kier molecular flexibility index (Phi) is 6.11. The van der Waals surface area contributed by atoms with Crippen molar-refractivity contribution in [2.24, 2.45) is 5.92 Å². The highest BCUT2D eigenvalue weighted by molar-refractivity contribution is 7.99. The number of imide groups is 1. The van der Waals surface area contributed by atoms with Crippen molar-refractivity contribution in [2.75, 3.05) is 5.75 Å². The first-order valence-corrected chi connectivity index (χ1v) is 10.6. The summed E-state index contributed by atoms with van der Waals surface area (Å²) in [4.78, 5) is 49.0. The van der Waals surface area contributed by atoms with E-state index >= 15 is 0 Å². The summed E-state index contributed by atoms with van der Waals surface area (Å²) in [6, 6.07) is -0.600. The number of aromatic nitrogens is 3. The maximum atomic E-state index is 12.7. The van der Waals surface area contributed by atoms with Crippen molar-refractivity contribution in [3.63, 3.8) is 0 Å². The lowest BCUT2D eigenvalue weighted by Gasteiger charge is -2.33. The number of rotatable bonds is 7. The molecular formula is C17H26N6O4S. The molecule has 4 amide bonds. The molecule has 11 heteroatoms. The maximum absolute atomic E-state index is 12.7. The van der Waals surface area contributed by atoms with Crippen LogP contribution in [0.15, 0.2) is 9.95 Å². The molecule has 3 rings (SSSR count). The number of unbranched alkanes of at least 4 members (excludes halogenated alkanes) is 1. The number of amides is 4. The van der Waals surface area contributed by atoms with Crippen LogP contribution in [0.25, 0.3) is 0 Å². The fraction of sp³-hybridized carbons (Fsp3) is 0.706. The van der Waals surface area contributed by atoms with E-state index in [2.05, 4.69) is 27.9 Å². The Balaban J connectivity index is 1.57. The Labute approximate surface area is 166 Å². The molecule has 1 aliphatic carbocycles. The van der Waals surface area contributed by atoms with Crippen LogP contribution in [-0.2, 0) is 16.1 Å². The molecule has 1 aromatic heterocycles. The molecule has 0 atom stereocenters. The van der Waals surface area contributed by atoms with Crippen molar-refractivity contribution in [1.82, 2.24) is 30.5 Å². The predicted molar refractivity (Wildman–Crippen MR) is 102 cm³/mol. The number of aromatic amines is 1. The van der Waals surface area contributed by atoms with E-state index in [1.54, 1.807) is 0 Å². The lowest BCUT2D eigenvalue weighted by molar-refractivity contribution is -0.139. The van der Waals surface area contributed by atoms with Gasteiger partial charge in [0, 0.05) is 6.54 Å². The second kappa shape index (κ2) is 8.38. The van der Waals surface area contributed by atoms with Crippen molar-refractivity contribution in [2.45, 2.75) is 69.6 Å². The van der Waals surface area contributed by atoms with Crippen molar-refractivity contribution in [3.05, 3.63) is 10.5 Å². The van der Waals surface area contributed by atoms with Crippen LogP contribution in [-0.4, -0.2) is 48.9 Å². The Bertz CT molecular complexity index is 811. The smallest absolute Gasteiger partial charge is 0.322 e. The van der Waals surface area contributed by atoms with Crippen molar-refractivity contribution >= 4 is 29.6 Å². The van der Waals surface area contributed by atoms with Gasteiger partial charge in [0.25, 0.3) is 5.91 Å². The fourth-order valence-electron chi connectivity index (χ4n) is 3.53. The molecule has 1 aliphatic heterocycles. The van der Waals surface area contributed by atoms with Gasteiger partial charge in [-0.15, -0.1) is 5.10 Å². The average molecular weight is 411 g/mol. The number of thioether (sulfide) groups is 1. The van der Waals surface area contributed by atoms with Crippen LogP contribution in [0.2, 0.25) is 0 Å². The number of nitrogens with zero attached hydrogens (tertiary/aromatic N) is 3. The summed E-state index contributed by atoms with van der Waals surface area (Å²) in [7, 11) is 0. The van der Waals surface area contributed by atoms with E-state index in [4.69, 9.17) is 0 Å². The quantitative estimate of drug-likeness (QED) is 0.454. The summed E-state index contributed by atoms with van der Waals surface area (Å²) in [6.07, 6.45) is 4.63. The van der Waals surface area contributed by atoms with Crippen LogP contribution in [0.3, 0.4) is 0 Å². The Hall–Kier alpha value is -2.30. The second-order valence-corrected chi connectivity index (χ2v) is 8.42. The fourth-order valence-corrected chi connectivity index (χ4v) is 4.29. The van der Waals surface area contributed by atoms with Gasteiger partial charge in [-0.05, 0) is 38.0 Å². The van der Waals surface area contributed by atoms with Crippen LogP contribution in [0.5, 0.6) is 0 Å². The number of urea groups is 1. The molecule has 1 spiro atoms. The van der Waals surface area contributed by atoms with Gasteiger partial charge >= 0.3 is 11.7 Å². The lowest BCUT2D eigenvalue weighted by atomic mass is 9.77. The minimum absolute atomic E-state index is 0.0719. The molecule has 0 bridgehead atoms. The van der Waals surface area contributed by atoms with Crippen molar-refractivity contribution in [1.29, 1.82) is 0 Å². The van der Waals surface area contributed by atoms with Crippen molar-refractivity contribution < 1.29 is 14.4 Å². The number of nitrogens with one attached hydrogen (secondary N) is 3. The Morgan fingerprint density at radius 1 is 1.32 bits per heavy atom. The summed E-state index contributed by atoms with van der Waals surface area (Å²) >= 11 is 1.08. The third-order valence-electron chi connectivity index (χ3n) is 5.32. The summed E-state index contributed by atoms with van der Waals surface area (Å²) < 4.78 is 1.48. The lowest BCUT2D eigenvalue weighted by Crippen LogP contribution is -2.51. The molecule has 2 fully saturated rings. The molecule has 28 heavy (non-hydrogen) atoms. The molecule has 3 N–H and O–H groups in total. The van der Waals surface area contributed by atoms with Crippen LogP contribution in [0.4, 0.5) is 4.79 Å². The van der Waals surface area contributed by atoms with E-state index in [0.717, 1.165) is 42.5 Å². The molecule has 0 aromatic carbocycles. The van der Waals surface area contributed by atoms with E-state index in [1.807, 2.05) is 6.92 Å². The monoisotopic (exact) mass is 410 g/mol. The topological polar surface area (TPSA) is 129 Å². The molecule has 2 aliphatic rings. The number of carbonyl (C=O) groups is 3. The molecule has 0 unspecified atom stereocenters. The highest BCUT2D eigenvalue weighted by Crippen LogP contribution is 2.35. The number of hydrogen-bond donors (Lipinski definition) is 3. The Morgan fingerprint density at radius 2 is 2.04 bits per heavy atom. The molecule has 154 valence electrons. The summed E-state index contributed by atoms with van der Waals surface area (Å²) in [5.74, 6) is -0.457. The minimum Gasteiger partial charge on any atom is -0.322 e.